The largest absolute Gasteiger partial charge is 0.494 e. The van der Waals surface area contributed by atoms with Crippen molar-refractivity contribution in [3.8, 4) is 5.75 Å². The molecule has 0 unspecified atom stereocenters. The van der Waals surface area contributed by atoms with Gasteiger partial charge in [0.15, 0.2) is 0 Å². The highest BCUT2D eigenvalue weighted by Gasteiger charge is 2.07. The van der Waals surface area contributed by atoms with Gasteiger partial charge in [-0.3, -0.25) is 9.59 Å². The van der Waals surface area contributed by atoms with Crippen molar-refractivity contribution in [2.24, 2.45) is 10.8 Å². The number of amides is 2. The van der Waals surface area contributed by atoms with Crippen molar-refractivity contribution in [2.75, 3.05) is 6.61 Å². The van der Waals surface area contributed by atoms with Crippen LogP contribution in [0, 0.1) is 0 Å². The lowest BCUT2D eigenvalue weighted by Gasteiger charge is -2.06. The van der Waals surface area contributed by atoms with E-state index >= 15 is 0 Å². The number of hydrazone groups is 1. The molecule has 0 aliphatic heterocycles. The van der Waals surface area contributed by atoms with Crippen LogP contribution in [0.2, 0.25) is 0 Å². The fraction of sp³-hybridized carbons (Fsp3) is 0.308. The average Bonchev–Trinajstić information content (AvgIpc) is 2.42. The number of nitrogens with zero attached hydrogens (tertiary/aromatic N) is 1. The molecule has 0 aliphatic carbocycles. The molecule has 0 saturated heterocycles. The minimum atomic E-state index is -1.07. The zero-order valence-electron chi connectivity index (χ0n) is 11.0. The van der Waals surface area contributed by atoms with Crippen LogP contribution >= 0.6 is 0 Å². The van der Waals surface area contributed by atoms with Crippen LogP contribution in [0.25, 0.3) is 0 Å². The normalized spacial score (nSPS) is 10.9. The Kier molecular flexibility index (Phi) is 5.53. The second kappa shape index (κ2) is 7.15. The first-order valence-electron chi connectivity index (χ1n) is 5.92. The Bertz CT molecular complexity index is 480. The third-order valence-corrected chi connectivity index (χ3v) is 2.29. The zero-order valence-corrected chi connectivity index (χ0v) is 11.0. The smallest absolute Gasteiger partial charge is 0.329 e. The summed E-state index contributed by atoms with van der Waals surface area (Å²) >= 11 is 0. The summed E-state index contributed by atoms with van der Waals surface area (Å²) in [6.45, 7) is 4.41. The van der Waals surface area contributed by atoms with E-state index < -0.39 is 11.8 Å². The van der Waals surface area contributed by atoms with E-state index in [9.17, 15) is 9.59 Å². The zero-order chi connectivity index (χ0) is 14.3. The van der Waals surface area contributed by atoms with E-state index in [0.29, 0.717) is 12.3 Å². The summed E-state index contributed by atoms with van der Waals surface area (Å²) in [6, 6.07) is 7.28. The summed E-state index contributed by atoms with van der Waals surface area (Å²) < 4.78 is 5.45. The van der Waals surface area contributed by atoms with E-state index in [-0.39, 0.29) is 0 Å². The lowest BCUT2D eigenvalue weighted by atomic mass is 10.1. The van der Waals surface area contributed by atoms with Crippen LogP contribution in [0.5, 0.6) is 5.75 Å². The monoisotopic (exact) mass is 263 g/mol. The number of hydrogen-bond donors (Lipinski definition) is 2. The van der Waals surface area contributed by atoms with Gasteiger partial charge >= 0.3 is 11.8 Å². The molecule has 6 heteroatoms. The minimum absolute atomic E-state index is 0.566. The van der Waals surface area contributed by atoms with E-state index in [1.165, 1.54) is 0 Å². The third-order valence-electron chi connectivity index (χ3n) is 2.29. The Balaban J connectivity index is 2.66. The molecule has 0 bridgehead atoms. The van der Waals surface area contributed by atoms with E-state index in [1.54, 1.807) is 6.92 Å². The van der Waals surface area contributed by atoms with Gasteiger partial charge in [-0.15, -0.1) is 0 Å². The Labute approximate surface area is 111 Å². The van der Waals surface area contributed by atoms with Gasteiger partial charge in [0, 0.05) is 0 Å². The number of carbonyl (C=O) groups excluding carboxylic acids is 2. The standard InChI is InChI=1S/C13H17N3O3/c1-3-8-19-11-6-4-10(5-7-11)9(2)15-16-13(18)12(14)17/h4-7H,3,8H2,1-2H3,(H2,14,17)(H,16,18)/b15-9+. The number of carbonyl (C=O) groups is 2. The van der Waals surface area contributed by atoms with E-state index in [0.717, 1.165) is 17.7 Å². The van der Waals surface area contributed by atoms with Crippen LogP contribution < -0.4 is 15.9 Å². The van der Waals surface area contributed by atoms with Crippen molar-refractivity contribution in [1.82, 2.24) is 5.43 Å². The summed E-state index contributed by atoms with van der Waals surface area (Å²) in [5.74, 6) is -1.23. The summed E-state index contributed by atoms with van der Waals surface area (Å²) in [5, 5.41) is 3.78. The molecule has 0 fully saturated rings. The van der Waals surface area contributed by atoms with E-state index in [1.807, 2.05) is 31.2 Å². The highest BCUT2D eigenvalue weighted by molar-refractivity contribution is 6.34. The molecule has 0 aromatic heterocycles. The van der Waals surface area contributed by atoms with Gasteiger partial charge in [0.2, 0.25) is 0 Å². The number of primary amides is 1. The summed E-state index contributed by atoms with van der Waals surface area (Å²) in [6.07, 6.45) is 0.946. The van der Waals surface area contributed by atoms with Crippen molar-refractivity contribution in [1.29, 1.82) is 0 Å². The van der Waals surface area contributed by atoms with Crippen molar-refractivity contribution in [2.45, 2.75) is 20.3 Å². The van der Waals surface area contributed by atoms with Crippen LogP contribution in [0.1, 0.15) is 25.8 Å². The number of nitrogens with one attached hydrogen (secondary N) is 1. The average molecular weight is 263 g/mol. The number of ether oxygens (including phenoxy) is 1. The van der Waals surface area contributed by atoms with Gasteiger partial charge in [-0.2, -0.15) is 5.10 Å². The molecule has 0 atom stereocenters. The van der Waals surface area contributed by atoms with Crippen LogP contribution in [0.4, 0.5) is 0 Å². The highest BCUT2D eigenvalue weighted by atomic mass is 16.5. The molecule has 0 spiro atoms. The molecular formula is C13H17N3O3. The molecule has 0 radical (unpaired) electrons. The van der Waals surface area contributed by atoms with Crippen LogP contribution in [-0.4, -0.2) is 24.1 Å². The highest BCUT2D eigenvalue weighted by Crippen LogP contribution is 2.12. The molecule has 0 heterocycles. The Hall–Kier alpha value is -2.37. The van der Waals surface area contributed by atoms with Gasteiger partial charge in [0.05, 0.1) is 12.3 Å². The van der Waals surface area contributed by atoms with Gasteiger partial charge in [0.1, 0.15) is 5.75 Å². The molecule has 1 aromatic rings. The predicted octanol–water partition coefficient (Wildman–Crippen LogP) is 0.801. The number of nitrogens with two attached hydrogens (primary N) is 1. The SMILES string of the molecule is CCCOc1ccc(/C(C)=N/NC(=O)C(N)=O)cc1. The quantitative estimate of drug-likeness (QED) is 0.467. The van der Waals surface area contributed by atoms with Crippen LogP contribution in [0.3, 0.4) is 0 Å². The first kappa shape index (κ1) is 14.7. The lowest BCUT2D eigenvalue weighted by Crippen LogP contribution is -2.33. The summed E-state index contributed by atoms with van der Waals surface area (Å²) in [5.41, 5.74) is 8.24. The molecule has 19 heavy (non-hydrogen) atoms. The molecule has 6 nitrogen and oxygen atoms in total. The van der Waals surface area contributed by atoms with E-state index in [2.05, 4.69) is 10.5 Å². The van der Waals surface area contributed by atoms with Gasteiger partial charge in [-0.25, -0.2) is 5.43 Å². The molecular weight excluding hydrogens is 246 g/mol. The fourth-order valence-corrected chi connectivity index (χ4v) is 1.27. The predicted molar refractivity (Wildman–Crippen MR) is 71.8 cm³/mol. The maximum atomic E-state index is 10.9. The summed E-state index contributed by atoms with van der Waals surface area (Å²) in [7, 11) is 0. The maximum absolute atomic E-state index is 10.9. The number of hydrogen-bond acceptors (Lipinski definition) is 4. The first-order valence-corrected chi connectivity index (χ1v) is 5.92. The third kappa shape index (κ3) is 4.79. The molecule has 102 valence electrons. The molecule has 2 amide bonds. The second-order valence-electron chi connectivity index (χ2n) is 3.88. The molecule has 1 rings (SSSR count). The Morgan fingerprint density at radius 2 is 1.95 bits per heavy atom. The van der Waals surface area contributed by atoms with Crippen LogP contribution in [0.15, 0.2) is 29.4 Å². The Morgan fingerprint density at radius 3 is 2.47 bits per heavy atom. The fourth-order valence-electron chi connectivity index (χ4n) is 1.27. The maximum Gasteiger partial charge on any atom is 0.329 e. The van der Waals surface area contributed by atoms with E-state index in [4.69, 9.17) is 10.5 Å². The van der Waals surface area contributed by atoms with Gasteiger partial charge in [0.25, 0.3) is 0 Å². The van der Waals surface area contributed by atoms with Crippen LogP contribution in [-0.2, 0) is 9.59 Å². The number of benzene rings is 1. The first-order chi connectivity index (χ1) is 9.04. The molecule has 3 N–H and O–H groups in total. The second-order valence-corrected chi connectivity index (χ2v) is 3.88. The van der Waals surface area contributed by atoms with Crippen molar-refractivity contribution < 1.29 is 14.3 Å². The molecule has 0 aliphatic rings. The topological polar surface area (TPSA) is 93.8 Å². The molecule has 0 saturated carbocycles. The molecule has 1 aromatic carbocycles. The van der Waals surface area contributed by atoms with Gasteiger partial charge < -0.3 is 10.5 Å². The minimum Gasteiger partial charge on any atom is -0.494 e. The van der Waals surface area contributed by atoms with Crippen molar-refractivity contribution in [3.05, 3.63) is 29.8 Å². The van der Waals surface area contributed by atoms with Gasteiger partial charge in [-0.05, 0) is 43.2 Å². The lowest BCUT2D eigenvalue weighted by molar-refractivity contribution is -0.137. The Morgan fingerprint density at radius 1 is 1.32 bits per heavy atom. The van der Waals surface area contributed by atoms with Crippen molar-refractivity contribution >= 4 is 17.5 Å². The van der Waals surface area contributed by atoms with Gasteiger partial charge in [-0.1, -0.05) is 6.92 Å². The number of rotatable bonds is 5. The van der Waals surface area contributed by atoms with Crippen molar-refractivity contribution in [3.63, 3.8) is 0 Å². The summed E-state index contributed by atoms with van der Waals surface area (Å²) in [4.78, 5) is 21.5.